The lowest BCUT2D eigenvalue weighted by Gasteiger charge is -2.22. The molecule has 0 amide bonds. The van der Waals surface area contributed by atoms with E-state index in [1.807, 2.05) is 0 Å². The van der Waals surface area contributed by atoms with Gasteiger partial charge in [-0.2, -0.15) is 0 Å². The molecule has 1 atom stereocenters. The van der Waals surface area contributed by atoms with E-state index >= 15 is 0 Å². The van der Waals surface area contributed by atoms with Crippen LogP contribution in [-0.2, 0) is 17.6 Å². The smallest absolute Gasteiger partial charge is 0.108 e. The third-order valence-electron chi connectivity index (χ3n) is 3.07. The van der Waals surface area contributed by atoms with E-state index in [2.05, 4.69) is 31.1 Å². The summed E-state index contributed by atoms with van der Waals surface area (Å²) in [5, 5.41) is 3.45. The summed E-state index contributed by atoms with van der Waals surface area (Å²) in [4.78, 5) is 8.08. The van der Waals surface area contributed by atoms with Crippen LogP contribution in [0.15, 0.2) is 0 Å². The molecule has 0 aliphatic carbocycles. The van der Waals surface area contributed by atoms with Crippen LogP contribution >= 0.6 is 0 Å². The van der Waals surface area contributed by atoms with E-state index in [0.29, 0.717) is 12.0 Å². The Bertz CT molecular complexity index is 354. The molecule has 0 aromatic carbocycles. The second-order valence-electron chi connectivity index (χ2n) is 5.28. The first-order valence-electron chi connectivity index (χ1n) is 6.50. The summed E-state index contributed by atoms with van der Waals surface area (Å²) < 4.78 is 5.45. The van der Waals surface area contributed by atoms with Crippen LogP contribution < -0.4 is 5.32 Å². The monoisotopic (exact) mass is 237 g/mol. The number of hydrogen-bond acceptors (Lipinski definition) is 3. The molecule has 0 bridgehead atoms. The van der Waals surface area contributed by atoms with Gasteiger partial charge in [-0.3, -0.25) is 0 Å². The highest BCUT2D eigenvalue weighted by atomic mass is 16.5. The van der Waals surface area contributed by atoms with Crippen molar-refractivity contribution < 1.29 is 4.74 Å². The van der Waals surface area contributed by atoms with Gasteiger partial charge in [-0.25, -0.2) is 4.98 Å². The summed E-state index contributed by atoms with van der Waals surface area (Å²) in [6, 6.07) is 0.404. The largest absolute Gasteiger partial charge is 0.379 e. The minimum absolute atomic E-state index is 0.404. The maximum atomic E-state index is 5.45. The third-order valence-corrected chi connectivity index (χ3v) is 3.07. The van der Waals surface area contributed by atoms with Crippen molar-refractivity contribution in [2.45, 2.75) is 39.7 Å². The molecular formula is C13H23N3O. The normalized spacial score (nSPS) is 21.1. The average molecular weight is 237 g/mol. The van der Waals surface area contributed by atoms with E-state index in [1.165, 1.54) is 11.4 Å². The number of aromatic nitrogens is 2. The number of aryl methyl sites for hydroxylation is 1. The molecule has 2 rings (SSSR count). The van der Waals surface area contributed by atoms with Crippen LogP contribution in [0.25, 0.3) is 0 Å². The fourth-order valence-corrected chi connectivity index (χ4v) is 2.23. The quantitative estimate of drug-likeness (QED) is 0.833. The van der Waals surface area contributed by atoms with Gasteiger partial charge in [0.05, 0.1) is 18.9 Å². The maximum Gasteiger partial charge on any atom is 0.108 e. The minimum Gasteiger partial charge on any atom is -0.379 e. The number of rotatable bonds is 4. The molecule has 96 valence electrons. The standard InChI is InChI=1S/C13H23N3O/c1-9(2)6-12-10(3)15-13(16-12)7-11-8-17-5-4-14-11/h9,11,14H,4-8H2,1-3H3,(H,15,16). The van der Waals surface area contributed by atoms with E-state index in [1.54, 1.807) is 0 Å². The van der Waals surface area contributed by atoms with Crippen LogP contribution in [0.5, 0.6) is 0 Å². The van der Waals surface area contributed by atoms with Crippen LogP contribution in [-0.4, -0.2) is 35.8 Å². The average Bonchev–Trinajstić information content (AvgIpc) is 2.59. The Morgan fingerprint density at radius 3 is 2.94 bits per heavy atom. The highest BCUT2D eigenvalue weighted by Crippen LogP contribution is 2.12. The predicted octanol–water partition coefficient (Wildman–Crippen LogP) is 1.45. The zero-order valence-corrected chi connectivity index (χ0v) is 11.0. The van der Waals surface area contributed by atoms with Gasteiger partial charge in [-0.05, 0) is 19.3 Å². The Kier molecular flexibility index (Phi) is 4.18. The van der Waals surface area contributed by atoms with Crippen LogP contribution in [0.2, 0.25) is 0 Å². The first kappa shape index (κ1) is 12.6. The molecule has 2 heterocycles. The molecule has 4 nitrogen and oxygen atoms in total. The molecule has 0 saturated carbocycles. The Balaban J connectivity index is 1.96. The van der Waals surface area contributed by atoms with Crippen molar-refractivity contribution in [2.75, 3.05) is 19.8 Å². The molecule has 4 heteroatoms. The van der Waals surface area contributed by atoms with Crippen molar-refractivity contribution in [3.63, 3.8) is 0 Å². The van der Waals surface area contributed by atoms with Crippen molar-refractivity contribution in [2.24, 2.45) is 5.92 Å². The zero-order valence-electron chi connectivity index (χ0n) is 11.0. The molecule has 1 aromatic heterocycles. The number of nitrogens with zero attached hydrogens (tertiary/aromatic N) is 1. The van der Waals surface area contributed by atoms with Gasteiger partial charge in [0.1, 0.15) is 5.82 Å². The second-order valence-corrected chi connectivity index (χ2v) is 5.28. The predicted molar refractivity (Wildman–Crippen MR) is 68.2 cm³/mol. The van der Waals surface area contributed by atoms with Crippen molar-refractivity contribution in [3.8, 4) is 0 Å². The molecule has 1 aromatic rings. The molecule has 1 unspecified atom stereocenters. The zero-order chi connectivity index (χ0) is 12.3. The fourth-order valence-electron chi connectivity index (χ4n) is 2.23. The Morgan fingerprint density at radius 1 is 1.47 bits per heavy atom. The molecule has 1 saturated heterocycles. The first-order chi connectivity index (χ1) is 8.15. The molecule has 1 aliphatic rings. The van der Waals surface area contributed by atoms with Gasteiger partial charge >= 0.3 is 0 Å². The molecule has 17 heavy (non-hydrogen) atoms. The maximum absolute atomic E-state index is 5.45. The molecule has 1 aliphatic heterocycles. The van der Waals surface area contributed by atoms with Gasteiger partial charge in [-0.1, -0.05) is 13.8 Å². The lowest BCUT2D eigenvalue weighted by atomic mass is 10.1. The van der Waals surface area contributed by atoms with Crippen molar-refractivity contribution in [1.82, 2.24) is 15.3 Å². The number of ether oxygens (including phenoxy) is 1. The van der Waals surface area contributed by atoms with E-state index < -0.39 is 0 Å². The number of hydrogen-bond donors (Lipinski definition) is 2. The van der Waals surface area contributed by atoms with Crippen LogP contribution in [0.3, 0.4) is 0 Å². The van der Waals surface area contributed by atoms with E-state index in [0.717, 1.165) is 38.4 Å². The summed E-state index contributed by atoms with van der Waals surface area (Å²) in [7, 11) is 0. The van der Waals surface area contributed by atoms with Crippen molar-refractivity contribution in [1.29, 1.82) is 0 Å². The number of aromatic amines is 1. The van der Waals surface area contributed by atoms with Crippen LogP contribution in [0.4, 0.5) is 0 Å². The first-order valence-corrected chi connectivity index (χ1v) is 6.50. The van der Waals surface area contributed by atoms with E-state index in [4.69, 9.17) is 9.72 Å². The molecule has 2 N–H and O–H groups in total. The summed E-state index contributed by atoms with van der Waals surface area (Å²) in [5.41, 5.74) is 2.43. The lowest BCUT2D eigenvalue weighted by molar-refractivity contribution is 0.0764. The van der Waals surface area contributed by atoms with Gasteiger partial charge in [0.2, 0.25) is 0 Å². The Hall–Kier alpha value is -0.870. The minimum atomic E-state index is 0.404. The van der Waals surface area contributed by atoms with Gasteiger partial charge in [0.25, 0.3) is 0 Å². The van der Waals surface area contributed by atoms with E-state index in [9.17, 15) is 0 Å². The van der Waals surface area contributed by atoms with E-state index in [-0.39, 0.29) is 0 Å². The summed E-state index contributed by atoms with van der Waals surface area (Å²) in [5.74, 6) is 1.74. The van der Waals surface area contributed by atoms with Gasteiger partial charge in [-0.15, -0.1) is 0 Å². The molecule has 1 fully saturated rings. The molecule has 0 radical (unpaired) electrons. The highest BCUT2D eigenvalue weighted by Gasteiger charge is 2.16. The number of imidazole rings is 1. The van der Waals surface area contributed by atoms with Gasteiger partial charge in [0, 0.05) is 24.7 Å². The highest BCUT2D eigenvalue weighted by molar-refractivity contribution is 5.14. The summed E-state index contributed by atoms with van der Waals surface area (Å²) in [6.07, 6.45) is 1.98. The number of H-pyrrole nitrogens is 1. The second kappa shape index (κ2) is 5.65. The fraction of sp³-hybridized carbons (Fsp3) is 0.769. The Morgan fingerprint density at radius 2 is 2.29 bits per heavy atom. The third kappa shape index (κ3) is 3.54. The number of morpholine rings is 1. The topological polar surface area (TPSA) is 49.9 Å². The number of nitrogens with one attached hydrogen (secondary N) is 2. The molecular weight excluding hydrogens is 214 g/mol. The summed E-state index contributed by atoms with van der Waals surface area (Å²) in [6.45, 7) is 9.13. The van der Waals surface area contributed by atoms with Crippen molar-refractivity contribution in [3.05, 3.63) is 17.2 Å². The van der Waals surface area contributed by atoms with Crippen LogP contribution in [0, 0.1) is 12.8 Å². The van der Waals surface area contributed by atoms with Crippen LogP contribution in [0.1, 0.15) is 31.1 Å². The Labute approximate surface area is 103 Å². The summed E-state index contributed by atoms with van der Waals surface area (Å²) >= 11 is 0. The van der Waals surface area contributed by atoms with Gasteiger partial charge in [0.15, 0.2) is 0 Å². The lowest BCUT2D eigenvalue weighted by Crippen LogP contribution is -2.42. The van der Waals surface area contributed by atoms with Crippen molar-refractivity contribution >= 4 is 0 Å². The SMILES string of the molecule is Cc1[nH]c(CC2COCCN2)nc1CC(C)C. The molecule has 0 spiro atoms. The van der Waals surface area contributed by atoms with Gasteiger partial charge < -0.3 is 15.0 Å².